The van der Waals surface area contributed by atoms with Gasteiger partial charge in [-0.25, -0.2) is 9.97 Å². The van der Waals surface area contributed by atoms with E-state index in [1.54, 1.807) is 12.4 Å². The molecule has 108 valence electrons. The van der Waals surface area contributed by atoms with Gasteiger partial charge in [-0.05, 0) is 28.8 Å². The van der Waals surface area contributed by atoms with Crippen LogP contribution in [0.25, 0.3) is 0 Å². The first kappa shape index (κ1) is 13.8. The lowest BCUT2D eigenvalue weighted by Crippen LogP contribution is -2.51. The summed E-state index contributed by atoms with van der Waals surface area (Å²) in [4.78, 5) is 24.6. The Morgan fingerprint density at radius 3 is 2.50 bits per heavy atom. The monoisotopic (exact) mass is 339 g/mol. The van der Waals surface area contributed by atoms with Gasteiger partial charge >= 0.3 is 0 Å². The molecule has 3 rings (SSSR count). The van der Waals surface area contributed by atoms with Crippen molar-refractivity contribution in [2.75, 3.05) is 37.6 Å². The largest absolute Gasteiger partial charge is 0.338 e. The summed E-state index contributed by atoms with van der Waals surface area (Å²) in [5.74, 6) is 0.935. The Bertz CT molecular complexity index is 468. The lowest BCUT2D eigenvalue weighted by molar-refractivity contribution is -0.130. The molecule has 0 aromatic carbocycles. The van der Waals surface area contributed by atoms with Gasteiger partial charge in [0.1, 0.15) is 0 Å². The zero-order valence-electron chi connectivity index (χ0n) is 11.3. The molecule has 2 fully saturated rings. The van der Waals surface area contributed by atoms with E-state index in [1.807, 2.05) is 4.90 Å². The van der Waals surface area contributed by atoms with Gasteiger partial charge in [0.15, 0.2) is 0 Å². The number of nitrogens with zero attached hydrogens (tertiary/aromatic N) is 4. The molecular formula is C13H18BrN5O. The highest BCUT2D eigenvalue weighted by Gasteiger charge is 2.25. The maximum Gasteiger partial charge on any atom is 0.236 e. The summed E-state index contributed by atoms with van der Waals surface area (Å²) in [7, 11) is 0. The van der Waals surface area contributed by atoms with Gasteiger partial charge in [-0.15, -0.1) is 0 Å². The SMILES string of the molecule is O=C(CNC1CC1)N1CCN(c2ncc(Br)cn2)CC1. The minimum Gasteiger partial charge on any atom is -0.338 e. The van der Waals surface area contributed by atoms with Crippen molar-refractivity contribution in [1.82, 2.24) is 20.2 Å². The number of anilines is 1. The van der Waals surface area contributed by atoms with Crippen LogP contribution in [0, 0.1) is 0 Å². The van der Waals surface area contributed by atoms with E-state index in [0.717, 1.165) is 36.6 Å². The second kappa shape index (κ2) is 6.05. The lowest BCUT2D eigenvalue weighted by atomic mass is 10.3. The normalized spacial score (nSPS) is 19.2. The third-order valence-corrected chi connectivity index (χ3v) is 4.05. The third-order valence-electron chi connectivity index (χ3n) is 3.64. The fourth-order valence-corrected chi connectivity index (χ4v) is 2.46. The predicted molar refractivity (Wildman–Crippen MR) is 79.5 cm³/mol. The maximum atomic E-state index is 12.0. The molecule has 1 aliphatic carbocycles. The van der Waals surface area contributed by atoms with Crippen molar-refractivity contribution < 1.29 is 4.79 Å². The molecule has 7 heteroatoms. The Balaban J connectivity index is 1.48. The molecule has 1 aliphatic heterocycles. The van der Waals surface area contributed by atoms with Crippen molar-refractivity contribution in [2.45, 2.75) is 18.9 Å². The fraction of sp³-hybridized carbons (Fsp3) is 0.615. The quantitative estimate of drug-likeness (QED) is 0.872. The van der Waals surface area contributed by atoms with Crippen molar-refractivity contribution in [3.8, 4) is 0 Å². The van der Waals surface area contributed by atoms with E-state index < -0.39 is 0 Å². The van der Waals surface area contributed by atoms with Crippen LogP contribution in [0.15, 0.2) is 16.9 Å². The molecule has 0 bridgehead atoms. The number of aromatic nitrogens is 2. The maximum absolute atomic E-state index is 12.0. The van der Waals surface area contributed by atoms with Crippen LogP contribution in [0.1, 0.15) is 12.8 Å². The van der Waals surface area contributed by atoms with Gasteiger partial charge in [-0.1, -0.05) is 0 Å². The van der Waals surface area contributed by atoms with Crippen LogP contribution in [0.4, 0.5) is 5.95 Å². The number of carbonyl (C=O) groups excluding carboxylic acids is 1. The van der Waals surface area contributed by atoms with E-state index in [0.29, 0.717) is 12.6 Å². The summed E-state index contributed by atoms with van der Waals surface area (Å²) in [6.07, 6.45) is 5.92. The Hall–Kier alpha value is -1.21. The van der Waals surface area contributed by atoms with E-state index in [2.05, 4.69) is 36.1 Å². The van der Waals surface area contributed by atoms with Gasteiger partial charge in [0, 0.05) is 44.6 Å². The molecule has 1 N–H and O–H groups in total. The summed E-state index contributed by atoms with van der Waals surface area (Å²) < 4.78 is 0.876. The molecule has 0 radical (unpaired) electrons. The minimum atomic E-state index is 0.202. The third kappa shape index (κ3) is 3.46. The fourth-order valence-electron chi connectivity index (χ4n) is 2.26. The highest BCUT2D eigenvalue weighted by Crippen LogP contribution is 2.18. The summed E-state index contributed by atoms with van der Waals surface area (Å²) >= 11 is 3.33. The molecule has 1 saturated carbocycles. The number of hydrogen-bond acceptors (Lipinski definition) is 5. The van der Waals surface area contributed by atoms with E-state index >= 15 is 0 Å². The molecule has 1 aromatic rings. The minimum absolute atomic E-state index is 0.202. The first-order valence-corrected chi connectivity index (χ1v) is 7.75. The molecule has 0 unspecified atom stereocenters. The van der Waals surface area contributed by atoms with Crippen LogP contribution < -0.4 is 10.2 Å². The van der Waals surface area contributed by atoms with Crippen molar-refractivity contribution in [3.63, 3.8) is 0 Å². The average molecular weight is 340 g/mol. The molecule has 2 aliphatic rings. The molecule has 1 amide bonds. The van der Waals surface area contributed by atoms with E-state index in [4.69, 9.17) is 0 Å². The predicted octanol–water partition coefficient (Wildman–Crippen LogP) is 0.640. The molecule has 6 nitrogen and oxygen atoms in total. The smallest absolute Gasteiger partial charge is 0.236 e. The Morgan fingerprint density at radius 2 is 1.90 bits per heavy atom. The van der Waals surface area contributed by atoms with Crippen molar-refractivity contribution in [3.05, 3.63) is 16.9 Å². The summed E-state index contributed by atoms with van der Waals surface area (Å²) in [5, 5.41) is 3.27. The molecule has 1 saturated heterocycles. The van der Waals surface area contributed by atoms with Gasteiger partial charge in [-0.3, -0.25) is 4.79 Å². The second-order valence-electron chi connectivity index (χ2n) is 5.22. The van der Waals surface area contributed by atoms with Crippen LogP contribution >= 0.6 is 15.9 Å². The summed E-state index contributed by atoms with van der Waals surface area (Å²) in [5.41, 5.74) is 0. The van der Waals surface area contributed by atoms with Gasteiger partial charge in [0.2, 0.25) is 11.9 Å². The molecule has 0 spiro atoms. The lowest BCUT2D eigenvalue weighted by Gasteiger charge is -2.34. The first-order chi connectivity index (χ1) is 9.72. The van der Waals surface area contributed by atoms with Crippen molar-refractivity contribution in [2.24, 2.45) is 0 Å². The number of piperazine rings is 1. The van der Waals surface area contributed by atoms with E-state index in [9.17, 15) is 4.79 Å². The topological polar surface area (TPSA) is 61.4 Å². The zero-order chi connectivity index (χ0) is 13.9. The average Bonchev–Trinajstić information content (AvgIpc) is 3.30. The Kier molecular flexibility index (Phi) is 4.16. The second-order valence-corrected chi connectivity index (χ2v) is 6.14. The zero-order valence-corrected chi connectivity index (χ0v) is 12.8. The van der Waals surface area contributed by atoms with Crippen molar-refractivity contribution in [1.29, 1.82) is 0 Å². The van der Waals surface area contributed by atoms with Gasteiger partial charge in [0.25, 0.3) is 0 Å². The summed E-state index contributed by atoms with van der Waals surface area (Å²) in [6.45, 7) is 3.53. The van der Waals surface area contributed by atoms with Gasteiger partial charge in [0.05, 0.1) is 11.0 Å². The van der Waals surface area contributed by atoms with Crippen LogP contribution in [0.5, 0.6) is 0 Å². The van der Waals surface area contributed by atoms with Crippen molar-refractivity contribution >= 4 is 27.8 Å². The highest BCUT2D eigenvalue weighted by atomic mass is 79.9. The molecular weight excluding hydrogens is 322 g/mol. The number of halogens is 1. The van der Waals surface area contributed by atoms with Crippen LogP contribution in [-0.4, -0.2) is 59.5 Å². The van der Waals surface area contributed by atoms with E-state index in [1.165, 1.54) is 12.8 Å². The summed E-state index contributed by atoms with van der Waals surface area (Å²) in [6, 6.07) is 0.580. The van der Waals surface area contributed by atoms with E-state index in [-0.39, 0.29) is 5.91 Å². The van der Waals surface area contributed by atoms with Gasteiger partial charge < -0.3 is 15.1 Å². The number of amides is 1. The number of hydrogen-bond donors (Lipinski definition) is 1. The molecule has 1 aromatic heterocycles. The number of rotatable bonds is 4. The highest BCUT2D eigenvalue weighted by molar-refractivity contribution is 9.10. The first-order valence-electron chi connectivity index (χ1n) is 6.96. The molecule has 0 atom stereocenters. The Labute approximate surface area is 126 Å². The Morgan fingerprint density at radius 1 is 1.25 bits per heavy atom. The number of carbonyl (C=O) groups is 1. The molecule has 20 heavy (non-hydrogen) atoms. The van der Waals surface area contributed by atoms with Crippen LogP contribution in [0.2, 0.25) is 0 Å². The standard InChI is InChI=1S/C13H18BrN5O/c14-10-7-16-13(17-8-10)19-5-3-18(4-6-19)12(20)9-15-11-1-2-11/h7-8,11,15H,1-6,9H2. The van der Waals surface area contributed by atoms with Crippen LogP contribution in [-0.2, 0) is 4.79 Å². The molecule has 2 heterocycles. The van der Waals surface area contributed by atoms with Gasteiger partial charge in [-0.2, -0.15) is 0 Å². The van der Waals surface area contributed by atoms with Crippen LogP contribution in [0.3, 0.4) is 0 Å². The number of nitrogens with one attached hydrogen (secondary N) is 1.